The molecule has 198 valence electrons. The number of amides is 1. The SMILES string of the molecule is COCCN1C(=O)C(=O)/C(=C(/O)c2ccc(OCC(C)C)c(C)c2)[C@H]1c1cccc(Oc2ccccc2)c1. The first-order chi connectivity index (χ1) is 18.3. The molecule has 0 bridgehead atoms. The van der Waals surface area contributed by atoms with Crippen molar-refractivity contribution in [2.45, 2.75) is 26.8 Å². The van der Waals surface area contributed by atoms with Gasteiger partial charge in [-0.15, -0.1) is 0 Å². The molecular weight excluding hydrogens is 482 g/mol. The second kappa shape index (κ2) is 12.0. The van der Waals surface area contributed by atoms with Crippen LogP contribution in [0.1, 0.15) is 36.6 Å². The zero-order valence-corrected chi connectivity index (χ0v) is 22.1. The van der Waals surface area contributed by atoms with E-state index in [0.29, 0.717) is 40.9 Å². The number of ketones is 1. The topological polar surface area (TPSA) is 85.3 Å². The molecule has 0 unspecified atom stereocenters. The molecule has 38 heavy (non-hydrogen) atoms. The Kier molecular flexibility index (Phi) is 8.48. The van der Waals surface area contributed by atoms with Crippen molar-refractivity contribution >= 4 is 17.4 Å². The number of aryl methyl sites for hydroxylation is 1. The van der Waals surface area contributed by atoms with E-state index in [1.165, 1.54) is 12.0 Å². The first kappa shape index (κ1) is 26.9. The fourth-order valence-corrected chi connectivity index (χ4v) is 4.39. The summed E-state index contributed by atoms with van der Waals surface area (Å²) in [6.07, 6.45) is 0. The summed E-state index contributed by atoms with van der Waals surface area (Å²) in [7, 11) is 1.53. The van der Waals surface area contributed by atoms with Gasteiger partial charge in [0.1, 0.15) is 23.0 Å². The maximum atomic E-state index is 13.3. The number of rotatable bonds is 10. The van der Waals surface area contributed by atoms with Gasteiger partial charge in [0.05, 0.1) is 24.8 Å². The van der Waals surface area contributed by atoms with Gasteiger partial charge in [-0.1, -0.05) is 44.2 Å². The van der Waals surface area contributed by atoms with Gasteiger partial charge in [0.15, 0.2) is 0 Å². The van der Waals surface area contributed by atoms with Crippen LogP contribution in [0.4, 0.5) is 0 Å². The van der Waals surface area contributed by atoms with Crippen molar-refractivity contribution in [1.29, 1.82) is 0 Å². The molecule has 0 radical (unpaired) electrons. The second-order valence-electron chi connectivity index (χ2n) is 9.66. The Hall–Kier alpha value is -4.10. The van der Waals surface area contributed by atoms with E-state index in [1.807, 2.05) is 43.3 Å². The normalized spacial score (nSPS) is 16.8. The van der Waals surface area contributed by atoms with Crippen LogP contribution in [0.25, 0.3) is 5.76 Å². The summed E-state index contributed by atoms with van der Waals surface area (Å²) in [6, 6.07) is 21.0. The molecule has 0 spiro atoms. The summed E-state index contributed by atoms with van der Waals surface area (Å²) < 4.78 is 17.0. The maximum Gasteiger partial charge on any atom is 0.295 e. The van der Waals surface area contributed by atoms with Gasteiger partial charge >= 0.3 is 0 Å². The number of ether oxygens (including phenoxy) is 3. The third-order valence-corrected chi connectivity index (χ3v) is 6.25. The van der Waals surface area contributed by atoms with Crippen molar-refractivity contribution in [3.8, 4) is 17.2 Å². The van der Waals surface area contributed by atoms with Gasteiger partial charge in [-0.2, -0.15) is 0 Å². The Balaban J connectivity index is 1.76. The highest BCUT2D eigenvalue weighted by Gasteiger charge is 2.46. The van der Waals surface area contributed by atoms with Gasteiger partial charge in [0.25, 0.3) is 11.7 Å². The van der Waals surface area contributed by atoms with E-state index < -0.39 is 17.7 Å². The number of likely N-dealkylation sites (tertiary alicyclic amines) is 1. The van der Waals surface area contributed by atoms with Gasteiger partial charge in [-0.25, -0.2) is 0 Å². The quantitative estimate of drug-likeness (QED) is 0.206. The molecule has 1 saturated heterocycles. The average molecular weight is 516 g/mol. The molecule has 0 aromatic heterocycles. The Morgan fingerprint density at radius 1 is 0.974 bits per heavy atom. The first-order valence-electron chi connectivity index (χ1n) is 12.6. The summed E-state index contributed by atoms with van der Waals surface area (Å²) in [5, 5.41) is 11.4. The van der Waals surface area contributed by atoms with E-state index in [0.717, 1.165) is 5.56 Å². The predicted octanol–water partition coefficient (Wildman–Crippen LogP) is 5.89. The molecule has 1 atom stereocenters. The predicted molar refractivity (Wildman–Crippen MR) is 145 cm³/mol. The van der Waals surface area contributed by atoms with Gasteiger partial charge in [0.2, 0.25) is 0 Å². The minimum absolute atomic E-state index is 0.0261. The lowest BCUT2D eigenvalue weighted by atomic mass is 9.94. The van der Waals surface area contributed by atoms with Crippen molar-refractivity contribution in [3.63, 3.8) is 0 Å². The van der Waals surface area contributed by atoms with Crippen LogP contribution in [0.3, 0.4) is 0 Å². The van der Waals surface area contributed by atoms with Crippen LogP contribution < -0.4 is 9.47 Å². The molecule has 1 aliphatic rings. The monoisotopic (exact) mass is 515 g/mol. The van der Waals surface area contributed by atoms with Gasteiger partial charge in [0, 0.05) is 19.2 Å². The fourth-order valence-electron chi connectivity index (χ4n) is 4.39. The van der Waals surface area contributed by atoms with Crippen LogP contribution in [0.5, 0.6) is 17.2 Å². The molecule has 0 saturated carbocycles. The molecule has 3 aromatic rings. The number of aliphatic hydroxyl groups excluding tert-OH is 1. The molecule has 4 rings (SSSR count). The molecule has 1 heterocycles. The average Bonchev–Trinajstić information content (AvgIpc) is 3.16. The minimum Gasteiger partial charge on any atom is -0.507 e. The zero-order valence-electron chi connectivity index (χ0n) is 22.1. The largest absolute Gasteiger partial charge is 0.507 e. The number of nitrogens with zero attached hydrogens (tertiary/aromatic N) is 1. The Morgan fingerprint density at radius 3 is 2.39 bits per heavy atom. The lowest BCUT2D eigenvalue weighted by Gasteiger charge is -2.25. The van der Waals surface area contributed by atoms with Gasteiger partial charge in [-0.3, -0.25) is 9.59 Å². The molecular formula is C31H33NO6. The minimum atomic E-state index is -0.804. The molecule has 7 heteroatoms. The van der Waals surface area contributed by atoms with Crippen molar-refractivity contribution < 1.29 is 28.9 Å². The van der Waals surface area contributed by atoms with Crippen LogP contribution in [0.15, 0.2) is 78.4 Å². The van der Waals surface area contributed by atoms with E-state index in [1.54, 1.807) is 36.4 Å². The fraction of sp³-hybridized carbons (Fsp3) is 0.290. The summed E-state index contributed by atoms with van der Waals surface area (Å²) in [5.41, 5.74) is 1.92. The standard InChI is InChI=1S/C31H33NO6/c1-20(2)19-37-26-14-13-23(17-21(26)3)29(33)27-28(32(15-16-36-4)31(35)30(27)34)22-9-8-12-25(18-22)38-24-10-6-5-7-11-24/h5-14,17-18,20,28,33H,15-16,19H2,1-4H3/b29-27+/t28-/m1/s1. The highest BCUT2D eigenvalue weighted by Crippen LogP contribution is 2.41. The number of benzene rings is 3. The number of hydrogen-bond acceptors (Lipinski definition) is 6. The van der Waals surface area contributed by atoms with Crippen LogP contribution in [0, 0.1) is 12.8 Å². The number of aliphatic hydroxyl groups is 1. The Labute approximate surface area is 223 Å². The zero-order chi connectivity index (χ0) is 27.2. The van der Waals surface area contributed by atoms with Crippen molar-refractivity contribution in [3.05, 3.63) is 95.1 Å². The number of para-hydroxylation sites is 1. The lowest BCUT2D eigenvalue weighted by Crippen LogP contribution is -2.32. The smallest absolute Gasteiger partial charge is 0.295 e. The molecule has 1 aliphatic heterocycles. The van der Waals surface area contributed by atoms with Gasteiger partial charge in [-0.05, 0) is 66.4 Å². The summed E-state index contributed by atoms with van der Waals surface area (Å²) >= 11 is 0. The van der Waals surface area contributed by atoms with E-state index in [4.69, 9.17) is 14.2 Å². The molecule has 1 N–H and O–H groups in total. The van der Waals surface area contributed by atoms with E-state index in [2.05, 4.69) is 13.8 Å². The number of carbonyl (C=O) groups excluding carboxylic acids is 2. The first-order valence-corrected chi connectivity index (χ1v) is 12.6. The highest BCUT2D eigenvalue weighted by atomic mass is 16.5. The van der Waals surface area contributed by atoms with Crippen LogP contribution in [0.2, 0.25) is 0 Å². The van der Waals surface area contributed by atoms with E-state index in [-0.39, 0.29) is 24.5 Å². The molecule has 7 nitrogen and oxygen atoms in total. The van der Waals surface area contributed by atoms with Crippen LogP contribution in [-0.4, -0.2) is 48.6 Å². The summed E-state index contributed by atoms with van der Waals surface area (Å²) in [6.45, 7) is 7.01. The summed E-state index contributed by atoms with van der Waals surface area (Å²) in [5.74, 6) is 0.626. The lowest BCUT2D eigenvalue weighted by molar-refractivity contribution is -0.140. The number of hydrogen-bond donors (Lipinski definition) is 1. The second-order valence-corrected chi connectivity index (χ2v) is 9.66. The molecule has 3 aromatic carbocycles. The van der Waals surface area contributed by atoms with Crippen molar-refractivity contribution in [2.75, 3.05) is 26.9 Å². The van der Waals surface area contributed by atoms with Crippen LogP contribution in [-0.2, 0) is 14.3 Å². The van der Waals surface area contributed by atoms with E-state index >= 15 is 0 Å². The Bertz CT molecular complexity index is 1330. The highest BCUT2D eigenvalue weighted by molar-refractivity contribution is 6.46. The summed E-state index contributed by atoms with van der Waals surface area (Å²) in [4.78, 5) is 27.8. The third-order valence-electron chi connectivity index (χ3n) is 6.25. The van der Waals surface area contributed by atoms with Crippen LogP contribution >= 0.6 is 0 Å². The van der Waals surface area contributed by atoms with Gasteiger partial charge < -0.3 is 24.2 Å². The van der Waals surface area contributed by atoms with E-state index in [9.17, 15) is 14.7 Å². The molecule has 1 amide bonds. The Morgan fingerprint density at radius 2 is 1.71 bits per heavy atom. The third kappa shape index (κ3) is 5.89. The molecule has 1 fully saturated rings. The maximum absolute atomic E-state index is 13.3. The number of Topliss-reactive ketones (excluding diaryl/α,β-unsaturated/α-hetero) is 1. The number of carbonyl (C=O) groups is 2. The van der Waals surface area contributed by atoms with Crippen molar-refractivity contribution in [1.82, 2.24) is 4.90 Å². The number of methoxy groups -OCH3 is 1. The van der Waals surface area contributed by atoms with Crippen molar-refractivity contribution in [2.24, 2.45) is 5.92 Å². The molecule has 0 aliphatic carbocycles.